The Morgan fingerprint density at radius 3 is 2.45 bits per heavy atom. The van der Waals surface area contributed by atoms with Gasteiger partial charge in [-0.3, -0.25) is 4.79 Å². The molecule has 2 aromatic carbocycles. The molecule has 5 rings (SSSR count). The van der Waals surface area contributed by atoms with Crippen molar-refractivity contribution in [2.24, 2.45) is 0 Å². The van der Waals surface area contributed by atoms with Crippen LogP contribution in [0.15, 0.2) is 54.7 Å². The monoisotopic (exact) mass is 401 g/mol. The molecule has 0 saturated heterocycles. The predicted octanol–water partition coefficient (Wildman–Crippen LogP) is 5.58. The van der Waals surface area contributed by atoms with Crippen molar-refractivity contribution in [2.75, 3.05) is 0 Å². The number of fused-ring (bicyclic) bond motifs is 2. The van der Waals surface area contributed by atoms with Crippen molar-refractivity contribution >= 4 is 23.0 Å². The van der Waals surface area contributed by atoms with E-state index in [0.29, 0.717) is 17.0 Å². The average molecular weight is 402 g/mol. The van der Waals surface area contributed by atoms with Gasteiger partial charge in [0.15, 0.2) is 11.4 Å². The van der Waals surface area contributed by atoms with Crippen molar-refractivity contribution in [1.29, 1.82) is 0 Å². The van der Waals surface area contributed by atoms with Gasteiger partial charge in [0.05, 0.1) is 17.0 Å². The molecule has 1 aliphatic rings. The lowest BCUT2D eigenvalue weighted by Crippen LogP contribution is -2.21. The Morgan fingerprint density at radius 2 is 1.72 bits per heavy atom. The van der Waals surface area contributed by atoms with Crippen molar-refractivity contribution in [2.45, 2.75) is 32.6 Å². The van der Waals surface area contributed by atoms with Gasteiger partial charge in [0.1, 0.15) is 0 Å². The fraction of sp³-hybridized carbons (Fsp3) is 0.208. The van der Waals surface area contributed by atoms with Crippen molar-refractivity contribution < 1.29 is 4.79 Å². The number of ketones is 1. The maximum Gasteiger partial charge on any atom is 0.166 e. The standard InChI is InChI=1S/C24H20ClN3O/c1-14-3-5-16(6-4-14)18-11-21-20(22(29)12-18)13-28-24(26-21)23(15(2)27-28)17-7-9-19(25)10-8-17/h3-10,13,18H,11-12H2,1-2H3. The van der Waals surface area contributed by atoms with E-state index in [2.05, 4.69) is 36.3 Å². The molecule has 0 N–H and O–H groups in total. The zero-order valence-corrected chi connectivity index (χ0v) is 17.1. The highest BCUT2D eigenvalue weighted by atomic mass is 35.5. The number of halogens is 1. The van der Waals surface area contributed by atoms with Crippen LogP contribution in [0.4, 0.5) is 0 Å². The molecule has 1 unspecified atom stereocenters. The fourth-order valence-corrected chi connectivity index (χ4v) is 4.30. The summed E-state index contributed by atoms with van der Waals surface area (Å²) < 4.78 is 1.74. The maximum absolute atomic E-state index is 12.9. The molecule has 144 valence electrons. The van der Waals surface area contributed by atoms with E-state index in [4.69, 9.17) is 16.6 Å². The molecule has 4 nitrogen and oxygen atoms in total. The second kappa shape index (κ2) is 6.82. The second-order valence-electron chi connectivity index (χ2n) is 7.78. The van der Waals surface area contributed by atoms with Crippen LogP contribution in [0.2, 0.25) is 5.02 Å². The van der Waals surface area contributed by atoms with Crippen molar-refractivity contribution in [3.63, 3.8) is 0 Å². The fourth-order valence-electron chi connectivity index (χ4n) is 4.17. The topological polar surface area (TPSA) is 47.3 Å². The number of aryl methyl sites for hydroxylation is 2. The Morgan fingerprint density at radius 1 is 1.00 bits per heavy atom. The quantitative estimate of drug-likeness (QED) is 0.440. The summed E-state index contributed by atoms with van der Waals surface area (Å²) in [5.41, 5.74) is 7.62. The Bertz CT molecular complexity index is 1240. The van der Waals surface area contributed by atoms with Gasteiger partial charge in [0, 0.05) is 23.2 Å². The normalized spacial score (nSPS) is 16.2. The largest absolute Gasteiger partial charge is 0.294 e. The number of carbonyl (C=O) groups excluding carboxylic acids is 1. The van der Waals surface area contributed by atoms with E-state index >= 15 is 0 Å². The molecule has 5 heteroatoms. The summed E-state index contributed by atoms with van der Waals surface area (Å²) in [5, 5.41) is 5.30. The molecule has 0 saturated carbocycles. The third-order valence-electron chi connectivity index (χ3n) is 5.72. The molecule has 0 spiro atoms. The smallest absolute Gasteiger partial charge is 0.166 e. The average Bonchev–Trinajstić information content (AvgIpc) is 3.02. The Hall–Kier alpha value is -2.98. The van der Waals surface area contributed by atoms with Crippen LogP contribution in [0.3, 0.4) is 0 Å². The summed E-state index contributed by atoms with van der Waals surface area (Å²) in [6.45, 7) is 4.04. The van der Waals surface area contributed by atoms with Gasteiger partial charge in [0.2, 0.25) is 0 Å². The number of hydrogen-bond acceptors (Lipinski definition) is 3. The Balaban J connectivity index is 1.62. The van der Waals surface area contributed by atoms with Gasteiger partial charge in [-0.2, -0.15) is 5.10 Å². The van der Waals surface area contributed by atoms with Gasteiger partial charge in [-0.05, 0) is 49.4 Å². The van der Waals surface area contributed by atoms with E-state index in [0.717, 1.165) is 34.6 Å². The molecule has 2 aromatic heterocycles. The minimum Gasteiger partial charge on any atom is -0.294 e. The molecule has 0 amide bonds. The van der Waals surface area contributed by atoms with Crippen LogP contribution in [0.5, 0.6) is 0 Å². The first-order chi connectivity index (χ1) is 14.0. The number of nitrogens with zero attached hydrogens (tertiary/aromatic N) is 3. The van der Waals surface area contributed by atoms with Crippen LogP contribution in [-0.4, -0.2) is 20.4 Å². The number of aromatic nitrogens is 3. The number of carbonyl (C=O) groups is 1. The van der Waals surface area contributed by atoms with Crippen molar-refractivity contribution in [1.82, 2.24) is 14.6 Å². The number of Topliss-reactive ketones (excluding diaryl/α,β-unsaturated/α-hetero) is 1. The minimum atomic E-state index is 0.132. The van der Waals surface area contributed by atoms with E-state index in [1.807, 2.05) is 37.4 Å². The summed E-state index contributed by atoms with van der Waals surface area (Å²) in [6.07, 6.45) is 3.11. The van der Waals surface area contributed by atoms with E-state index in [-0.39, 0.29) is 11.7 Å². The predicted molar refractivity (Wildman–Crippen MR) is 115 cm³/mol. The summed E-state index contributed by atoms with van der Waals surface area (Å²) in [5.74, 6) is 0.293. The van der Waals surface area contributed by atoms with Gasteiger partial charge in [-0.1, -0.05) is 53.6 Å². The number of benzene rings is 2. The van der Waals surface area contributed by atoms with Crippen LogP contribution in [0.1, 0.15) is 45.2 Å². The Kier molecular flexibility index (Phi) is 4.25. The van der Waals surface area contributed by atoms with E-state index in [1.165, 1.54) is 11.1 Å². The lowest BCUT2D eigenvalue weighted by Gasteiger charge is -2.23. The second-order valence-corrected chi connectivity index (χ2v) is 8.21. The van der Waals surface area contributed by atoms with Gasteiger partial charge >= 0.3 is 0 Å². The lowest BCUT2D eigenvalue weighted by atomic mass is 9.82. The SMILES string of the molecule is Cc1ccc(C2CC(=O)c3cn4nc(C)c(-c5ccc(Cl)cc5)c4nc3C2)cc1. The minimum absolute atomic E-state index is 0.132. The first-order valence-corrected chi connectivity index (χ1v) is 10.1. The van der Waals surface area contributed by atoms with Crippen LogP contribution in [0, 0.1) is 13.8 Å². The van der Waals surface area contributed by atoms with Crippen LogP contribution in [-0.2, 0) is 6.42 Å². The van der Waals surface area contributed by atoms with Gasteiger partial charge in [0.25, 0.3) is 0 Å². The molecule has 0 bridgehead atoms. The van der Waals surface area contributed by atoms with Gasteiger partial charge < -0.3 is 0 Å². The van der Waals surface area contributed by atoms with Gasteiger partial charge in [-0.15, -0.1) is 0 Å². The molecule has 1 atom stereocenters. The highest BCUT2D eigenvalue weighted by Gasteiger charge is 2.29. The first-order valence-electron chi connectivity index (χ1n) is 9.74. The van der Waals surface area contributed by atoms with E-state index in [9.17, 15) is 4.79 Å². The number of rotatable bonds is 2. The van der Waals surface area contributed by atoms with Crippen LogP contribution in [0.25, 0.3) is 16.8 Å². The van der Waals surface area contributed by atoms with Crippen molar-refractivity contribution in [3.8, 4) is 11.1 Å². The molecule has 0 radical (unpaired) electrons. The molecule has 4 aromatic rings. The van der Waals surface area contributed by atoms with Crippen LogP contribution >= 0.6 is 11.6 Å². The maximum atomic E-state index is 12.9. The summed E-state index contributed by atoms with van der Waals surface area (Å²) in [6, 6.07) is 16.2. The molecule has 0 fully saturated rings. The first kappa shape index (κ1) is 18.1. The molecule has 0 aliphatic heterocycles. The van der Waals surface area contributed by atoms with Crippen molar-refractivity contribution in [3.05, 3.63) is 87.8 Å². The molecular weight excluding hydrogens is 382 g/mol. The third-order valence-corrected chi connectivity index (χ3v) is 5.97. The molecule has 1 aliphatic carbocycles. The zero-order valence-electron chi connectivity index (χ0n) is 16.3. The highest BCUT2D eigenvalue weighted by Crippen LogP contribution is 2.34. The molecule has 2 heterocycles. The molecule has 29 heavy (non-hydrogen) atoms. The molecular formula is C24H20ClN3O. The highest BCUT2D eigenvalue weighted by molar-refractivity contribution is 6.30. The summed E-state index contributed by atoms with van der Waals surface area (Å²) in [4.78, 5) is 17.8. The summed E-state index contributed by atoms with van der Waals surface area (Å²) >= 11 is 6.05. The zero-order chi connectivity index (χ0) is 20.1. The third kappa shape index (κ3) is 3.14. The Labute approximate surface area is 174 Å². The van der Waals surface area contributed by atoms with E-state index < -0.39 is 0 Å². The van der Waals surface area contributed by atoms with E-state index in [1.54, 1.807) is 4.52 Å². The number of hydrogen-bond donors (Lipinski definition) is 0. The van der Waals surface area contributed by atoms with Gasteiger partial charge in [-0.25, -0.2) is 9.50 Å². The van der Waals surface area contributed by atoms with Crippen LogP contribution < -0.4 is 0 Å². The lowest BCUT2D eigenvalue weighted by molar-refractivity contribution is 0.0962. The summed E-state index contributed by atoms with van der Waals surface area (Å²) in [7, 11) is 0.